The Morgan fingerprint density at radius 1 is 1.18 bits per heavy atom. The highest BCUT2D eigenvalue weighted by Gasteiger charge is 2.33. The molecule has 0 radical (unpaired) electrons. The highest BCUT2D eigenvalue weighted by molar-refractivity contribution is 7.19. The quantitative estimate of drug-likeness (QED) is 0.485. The molecule has 0 aliphatic carbocycles. The van der Waals surface area contributed by atoms with Gasteiger partial charge < -0.3 is 10.2 Å². The number of hydrogen-bond donors (Lipinski definition) is 1. The van der Waals surface area contributed by atoms with Gasteiger partial charge in [-0.2, -0.15) is 5.10 Å². The molecular weight excluding hydrogens is 441 g/mol. The van der Waals surface area contributed by atoms with Gasteiger partial charge in [-0.05, 0) is 50.3 Å². The lowest BCUT2D eigenvalue weighted by Gasteiger charge is -2.25. The number of nitrogens with zero attached hydrogens (tertiary/aromatic N) is 4. The van der Waals surface area contributed by atoms with Crippen LogP contribution in [0.2, 0.25) is 0 Å². The summed E-state index contributed by atoms with van der Waals surface area (Å²) in [6.45, 7) is 10.4. The topological polar surface area (TPSA) is 63.1 Å². The number of aromatic nitrogens is 3. The van der Waals surface area contributed by atoms with Crippen LogP contribution in [0.5, 0.6) is 0 Å². The molecule has 2 unspecified atom stereocenters. The van der Waals surface area contributed by atoms with Gasteiger partial charge in [0.05, 0.1) is 16.9 Å². The van der Waals surface area contributed by atoms with E-state index in [1.165, 1.54) is 5.56 Å². The molecule has 1 saturated heterocycles. The smallest absolute Gasteiger partial charge is 0.259 e. The lowest BCUT2D eigenvalue weighted by molar-refractivity contribution is 0.102. The van der Waals surface area contributed by atoms with Crippen molar-refractivity contribution in [2.24, 2.45) is 0 Å². The summed E-state index contributed by atoms with van der Waals surface area (Å²) in [7, 11) is 2.99. The lowest BCUT2D eigenvalue weighted by Crippen LogP contribution is -2.27. The van der Waals surface area contributed by atoms with Gasteiger partial charge >= 0.3 is 0 Å². The molecule has 3 aromatic rings. The summed E-state index contributed by atoms with van der Waals surface area (Å²) in [5, 5.41) is 8.28. The number of nitrogens with one attached hydrogen (secondary N) is 1. The molecule has 2 aliphatic heterocycles. The average molecular weight is 476 g/mol. The van der Waals surface area contributed by atoms with E-state index in [2.05, 4.69) is 71.4 Å². The molecular formula is C27H34N5OP. The Hall–Kier alpha value is -2.72. The minimum absolute atomic E-state index is 0.114. The maximum absolute atomic E-state index is 13.8. The Balaban J connectivity index is 1.69. The molecule has 0 bridgehead atoms. The van der Waals surface area contributed by atoms with Crippen molar-refractivity contribution in [2.75, 3.05) is 23.3 Å². The van der Waals surface area contributed by atoms with Gasteiger partial charge in [0, 0.05) is 48.2 Å². The monoisotopic (exact) mass is 475 g/mol. The molecule has 2 aromatic heterocycles. The molecule has 1 fully saturated rings. The molecule has 4 heterocycles. The largest absolute Gasteiger partial charge is 0.354 e. The van der Waals surface area contributed by atoms with Crippen molar-refractivity contribution < 1.29 is 4.79 Å². The molecule has 1 N–H and O–H groups in total. The van der Waals surface area contributed by atoms with E-state index in [1.807, 2.05) is 23.1 Å². The minimum atomic E-state index is -0.114. The standard InChI is InChI=1S/C27H34N5OP/c1-17(2)32-15-22-23(30-32)18(3)9-10-19-7-5-6-8-20(19)21-11-13-28-25(24(21)29-26(22)33)31-14-12-27(4,34)16-31/h5-8,11,13,15,17-18H,9-10,12,14,16,34H2,1-4H3,(H,29,33)/t18-,27?/m0/s1. The van der Waals surface area contributed by atoms with Crippen molar-refractivity contribution in [3.05, 3.63) is 59.5 Å². The second kappa shape index (κ2) is 8.81. The minimum Gasteiger partial charge on any atom is -0.354 e. The van der Waals surface area contributed by atoms with Gasteiger partial charge in [0.25, 0.3) is 5.91 Å². The molecule has 1 amide bonds. The van der Waals surface area contributed by atoms with Crippen LogP contribution in [0.3, 0.4) is 0 Å². The van der Waals surface area contributed by atoms with Crippen molar-refractivity contribution in [3.8, 4) is 11.1 Å². The van der Waals surface area contributed by atoms with E-state index in [4.69, 9.17) is 10.1 Å². The Labute approximate surface area is 204 Å². The van der Waals surface area contributed by atoms with E-state index in [0.717, 1.165) is 60.7 Å². The van der Waals surface area contributed by atoms with Crippen LogP contribution in [0.15, 0.2) is 42.7 Å². The number of benzene rings is 1. The first kappa shape index (κ1) is 23.0. The maximum Gasteiger partial charge on any atom is 0.259 e. The van der Waals surface area contributed by atoms with Crippen LogP contribution in [0, 0.1) is 0 Å². The van der Waals surface area contributed by atoms with E-state index in [1.54, 1.807) is 0 Å². The number of rotatable bonds is 2. The second-order valence-corrected chi connectivity index (χ2v) is 11.8. The Morgan fingerprint density at radius 2 is 1.97 bits per heavy atom. The predicted molar refractivity (Wildman–Crippen MR) is 142 cm³/mol. The number of anilines is 2. The van der Waals surface area contributed by atoms with Gasteiger partial charge in [0.15, 0.2) is 5.82 Å². The zero-order chi connectivity index (χ0) is 24.0. The van der Waals surface area contributed by atoms with Crippen LogP contribution < -0.4 is 10.2 Å². The van der Waals surface area contributed by atoms with Gasteiger partial charge in [0.2, 0.25) is 0 Å². The third-order valence-corrected chi connectivity index (χ3v) is 7.60. The highest BCUT2D eigenvalue weighted by atomic mass is 31.0. The van der Waals surface area contributed by atoms with Gasteiger partial charge in [-0.1, -0.05) is 38.1 Å². The zero-order valence-corrected chi connectivity index (χ0v) is 21.7. The third kappa shape index (κ3) is 4.24. The SMILES string of the molecule is CC(C)n1cc2c(n1)[C@@H](C)CCc1ccccc1-c1ccnc(N3CCC(C)(P)C3)c1NC2=O. The molecule has 3 atom stereocenters. The van der Waals surface area contributed by atoms with Gasteiger partial charge in [0.1, 0.15) is 0 Å². The van der Waals surface area contributed by atoms with Crippen LogP contribution in [-0.4, -0.2) is 38.9 Å². The van der Waals surface area contributed by atoms with E-state index in [0.29, 0.717) is 5.56 Å². The van der Waals surface area contributed by atoms with Crippen molar-refractivity contribution in [1.29, 1.82) is 0 Å². The highest BCUT2D eigenvalue weighted by Crippen LogP contribution is 2.41. The molecule has 7 heteroatoms. The van der Waals surface area contributed by atoms with Gasteiger partial charge in [-0.3, -0.25) is 9.48 Å². The number of fused-ring (bicyclic) bond motifs is 4. The van der Waals surface area contributed by atoms with Crippen molar-refractivity contribution in [1.82, 2.24) is 14.8 Å². The normalized spacial score (nSPS) is 22.6. The number of carbonyl (C=O) groups is 1. The summed E-state index contributed by atoms with van der Waals surface area (Å²) >= 11 is 0. The van der Waals surface area contributed by atoms with Crippen molar-refractivity contribution >= 4 is 26.7 Å². The summed E-state index contributed by atoms with van der Waals surface area (Å²) in [6.07, 6.45) is 6.69. The second-order valence-electron chi connectivity index (χ2n) is 10.4. The maximum atomic E-state index is 13.8. The van der Waals surface area contributed by atoms with Crippen LogP contribution in [0.1, 0.15) is 74.1 Å². The molecule has 5 rings (SSSR count). The Kier molecular flexibility index (Phi) is 5.97. The summed E-state index contributed by atoms with van der Waals surface area (Å²) in [6, 6.07) is 10.8. The number of carbonyl (C=O) groups excluding carboxylic acids is 1. The van der Waals surface area contributed by atoms with Crippen LogP contribution in [-0.2, 0) is 6.42 Å². The van der Waals surface area contributed by atoms with E-state index in [9.17, 15) is 4.79 Å². The van der Waals surface area contributed by atoms with Gasteiger partial charge in [-0.15, -0.1) is 9.24 Å². The van der Waals surface area contributed by atoms with E-state index < -0.39 is 0 Å². The summed E-state index contributed by atoms with van der Waals surface area (Å²) in [4.78, 5) is 20.9. The summed E-state index contributed by atoms with van der Waals surface area (Å²) in [5.41, 5.74) is 5.79. The lowest BCUT2D eigenvalue weighted by atomic mass is 9.92. The first-order chi connectivity index (χ1) is 16.2. The fourth-order valence-electron chi connectivity index (χ4n) is 5.10. The first-order valence-corrected chi connectivity index (χ1v) is 12.8. The predicted octanol–water partition coefficient (Wildman–Crippen LogP) is 5.67. The number of aryl methyl sites for hydroxylation is 1. The molecule has 1 aromatic carbocycles. The van der Waals surface area contributed by atoms with Crippen LogP contribution >= 0.6 is 9.24 Å². The average Bonchev–Trinajstić information content (AvgIpc) is 3.41. The first-order valence-electron chi connectivity index (χ1n) is 12.2. The van der Waals surface area contributed by atoms with Crippen molar-refractivity contribution in [2.45, 2.75) is 64.1 Å². The van der Waals surface area contributed by atoms with Crippen molar-refractivity contribution in [3.63, 3.8) is 0 Å². The summed E-state index contributed by atoms with van der Waals surface area (Å²) in [5.74, 6) is 0.900. The summed E-state index contributed by atoms with van der Waals surface area (Å²) < 4.78 is 1.91. The fraction of sp³-hybridized carbons (Fsp3) is 0.444. The molecule has 34 heavy (non-hydrogen) atoms. The van der Waals surface area contributed by atoms with Crippen LogP contribution in [0.4, 0.5) is 11.5 Å². The fourth-order valence-corrected chi connectivity index (χ4v) is 5.45. The van der Waals surface area contributed by atoms with E-state index >= 15 is 0 Å². The van der Waals surface area contributed by atoms with Crippen LogP contribution in [0.25, 0.3) is 11.1 Å². The third-order valence-electron chi connectivity index (χ3n) is 7.13. The number of pyridine rings is 1. The number of amides is 1. The number of hydrogen-bond acceptors (Lipinski definition) is 4. The molecule has 2 aliphatic rings. The molecule has 178 valence electrons. The molecule has 0 spiro atoms. The Morgan fingerprint density at radius 3 is 2.71 bits per heavy atom. The van der Waals surface area contributed by atoms with Gasteiger partial charge in [-0.25, -0.2) is 4.98 Å². The van der Waals surface area contributed by atoms with E-state index in [-0.39, 0.29) is 23.0 Å². The molecule has 6 nitrogen and oxygen atoms in total. The zero-order valence-electron chi connectivity index (χ0n) is 20.5. The Bertz CT molecular complexity index is 1230. The molecule has 0 saturated carbocycles.